The van der Waals surface area contributed by atoms with Crippen LogP contribution in [0.1, 0.15) is 17.4 Å². The zero-order chi connectivity index (χ0) is 17.7. The molecule has 25 heavy (non-hydrogen) atoms. The summed E-state index contributed by atoms with van der Waals surface area (Å²) < 4.78 is 11.1. The summed E-state index contributed by atoms with van der Waals surface area (Å²) in [7, 11) is -4.17. The van der Waals surface area contributed by atoms with E-state index < -0.39 is 19.9 Å². The largest absolute Gasteiger partial charge is 0.339 e. The van der Waals surface area contributed by atoms with Crippen LogP contribution in [0.25, 0.3) is 11.1 Å². The average Bonchev–Trinajstić information content (AvgIpc) is 3.14. The van der Waals surface area contributed by atoms with E-state index in [1.165, 1.54) is 0 Å². The number of aromatic nitrogens is 4. The van der Waals surface area contributed by atoms with Crippen LogP contribution in [0.15, 0.2) is 54.6 Å². The van der Waals surface area contributed by atoms with E-state index in [0.29, 0.717) is 12.2 Å². The maximum absolute atomic E-state index is 11.1. The van der Waals surface area contributed by atoms with Gasteiger partial charge in [0.15, 0.2) is 5.82 Å². The molecule has 9 heteroatoms. The lowest BCUT2D eigenvalue weighted by Crippen LogP contribution is -2.25. The van der Waals surface area contributed by atoms with Crippen molar-refractivity contribution in [2.24, 2.45) is 0 Å². The van der Waals surface area contributed by atoms with E-state index in [9.17, 15) is 4.57 Å². The molecule has 3 rings (SSSR count). The highest BCUT2D eigenvalue weighted by atomic mass is 31.2. The number of tetrazole rings is 1. The van der Waals surface area contributed by atoms with Crippen LogP contribution < -0.4 is 5.32 Å². The number of nitrogens with one attached hydrogen (secondary N) is 2. The lowest BCUT2D eigenvalue weighted by molar-refractivity contribution is 0.362. The molecule has 130 valence electrons. The standard InChI is InChI=1S/C16H18N5O3P/c22-25(23,24)11-17-15(16-18-20-21-19-16)10-12-6-8-14(9-7-12)13-4-2-1-3-5-13/h1-9,15,17H,10-11H2,(H2,22,23,24)(H,18,19,20,21)/t15-/m1/s1. The van der Waals surface area contributed by atoms with Gasteiger partial charge in [0, 0.05) is 0 Å². The van der Waals surface area contributed by atoms with Crippen molar-refractivity contribution in [3.8, 4) is 11.1 Å². The van der Waals surface area contributed by atoms with E-state index in [2.05, 4.69) is 25.9 Å². The second-order valence-electron chi connectivity index (χ2n) is 5.62. The molecule has 0 radical (unpaired) electrons. The Morgan fingerprint density at radius 1 is 1.04 bits per heavy atom. The van der Waals surface area contributed by atoms with Gasteiger partial charge < -0.3 is 9.79 Å². The third-order valence-corrected chi connectivity index (χ3v) is 4.31. The molecule has 0 aliphatic rings. The van der Waals surface area contributed by atoms with Crippen molar-refractivity contribution in [1.29, 1.82) is 0 Å². The van der Waals surface area contributed by atoms with Crippen LogP contribution >= 0.6 is 7.60 Å². The van der Waals surface area contributed by atoms with E-state index in [1.54, 1.807) is 0 Å². The molecule has 0 aliphatic heterocycles. The van der Waals surface area contributed by atoms with Crippen molar-refractivity contribution in [2.75, 3.05) is 6.29 Å². The maximum Gasteiger partial charge on any atom is 0.339 e. The topological polar surface area (TPSA) is 124 Å². The van der Waals surface area contributed by atoms with Crippen LogP contribution in [0.2, 0.25) is 0 Å². The quantitative estimate of drug-likeness (QED) is 0.475. The first-order chi connectivity index (χ1) is 12.0. The van der Waals surface area contributed by atoms with Crippen LogP contribution in [0.4, 0.5) is 0 Å². The fourth-order valence-electron chi connectivity index (χ4n) is 2.50. The summed E-state index contributed by atoms with van der Waals surface area (Å²) in [4.78, 5) is 18.2. The fourth-order valence-corrected chi connectivity index (χ4v) is 2.96. The number of rotatable bonds is 7. The summed E-state index contributed by atoms with van der Waals surface area (Å²) in [5.41, 5.74) is 3.22. The van der Waals surface area contributed by atoms with Crippen LogP contribution in [0.5, 0.6) is 0 Å². The van der Waals surface area contributed by atoms with Gasteiger partial charge in [-0.15, -0.1) is 10.2 Å². The first kappa shape index (κ1) is 17.4. The van der Waals surface area contributed by atoms with Gasteiger partial charge in [0.05, 0.1) is 12.3 Å². The third-order valence-electron chi connectivity index (χ3n) is 3.72. The predicted octanol–water partition coefficient (Wildman–Crippen LogP) is 1.88. The monoisotopic (exact) mass is 359 g/mol. The van der Waals surface area contributed by atoms with E-state index in [-0.39, 0.29) is 0 Å². The highest BCUT2D eigenvalue weighted by Crippen LogP contribution is 2.33. The molecule has 0 spiro atoms. The maximum atomic E-state index is 11.1. The van der Waals surface area contributed by atoms with E-state index in [4.69, 9.17) is 9.79 Å². The molecule has 4 N–H and O–H groups in total. The highest BCUT2D eigenvalue weighted by molar-refractivity contribution is 7.51. The van der Waals surface area contributed by atoms with Gasteiger partial charge in [-0.2, -0.15) is 5.21 Å². The minimum Gasteiger partial charge on any atom is -0.324 e. The number of hydrogen-bond acceptors (Lipinski definition) is 5. The lowest BCUT2D eigenvalue weighted by atomic mass is 10.0. The first-order valence-corrected chi connectivity index (χ1v) is 9.47. The molecule has 0 fully saturated rings. The Labute approximate surface area is 144 Å². The molecule has 2 aromatic carbocycles. The summed E-state index contributed by atoms with van der Waals surface area (Å²) in [5.74, 6) is 0.362. The van der Waals surface area contributed by atoms with Crippen LogP contribution in [-0.4, -0.2) is 36.7 Å². The number of H-pyrrole nitrogens is 1. The summed E-state index contributed by atoms with van der Waals surface area (Å²) in [5, 5.41) is 16.5. The zero-order valence-electron chi connectivity index (χ0n) is 13.3. The molecule has 0 aliphatic carbocycles. The molecular weight excluding hydrogens is 341 g/mol. The smallest absolute Gasteiger partial charge is 0.324 e. The molecule has 0 saturated carbocycles. The Kier molecular flexibility index (Phi) is 5.35. The molecule has 0 saturated heterocycles. The first-order valence-electron chi connectivity index (χ1n) is 7.67. The Balaban J connectivity index is 1.74. The highest BCUT2D eigenvalue weighted by Gasteiger charge is 2.21. The Hall–Kier alpha value is -2.38. The zero-order valence-corrected chi connectivity index (χ0v) is 14.2. The Morgan fingerprint density at radius 3 is 2.32 bits per heavy atom. The van der Waals surface area contributed by atoms with Crippen LogP contribution in [0, 0.1) is 0 Å². The van der Waals surface area contributed by atoms with Crippen LogP contribution in [-0.2, 0) is 11.0 Å². The molecule has 8 nitrogen and oxygen atoms in total. The second kappa shape index (κ2) is 7.67. The number of aromatic amines is 1. The molecule has 0 unspecified atom stereocenters. The Morgan fingerprint density at radius 2 is 1.72 bits per heavy atom. The van der Waals surface area contributed by atoms with Gasteiger partial charge in [-0.3, -0.25) is 9.88 Å². The number of nitrogens with zero attached hydrogens (tertiary/aromatic N) is 3. The average molecular weight is 359 g/mol. The van der Waals surface area contributed by atoms with E-state index in [1.807, 2.05) is 54.6 Å². The minimum absolute atomic E-state index is 0.362. The molecule has 1 heterocycles. The summed E-state index contributed by atoms with van der Waals surface area (Å²) in [6.07, 6.45) is 0.0307. The SMILES string of the molecule is O=P(O)(O)CN[C@H](Cc1ccc(-c2ccccc2)cc1)c1nn[nH]n1. The van der Waals surface area contributed by atoms with Crippen molar-refractivity contribution in [2.45, 2.75) is 12.5 Å². The second-order valence-corrected chi connectivity index (χ2v) is 7.26. The van der Waals surface area contributed by atoms with Crippen molar-refractivity contribution in [3.63, 3.8) is 0 Å². The van der Waals surface area contributed by atoms with Gasteiger partial charge >= 0.3 is 7.60 Å². The van der Waals surface area contributed by atoms with E-state index in [0.717, 1.165) is 16.7 Å². The van der Waals surface area contributed by atoms with E-state index >= 15 is 0 Å². The normalized spacial score (nSPS) is 12.9. The Bertz CT molecular complexity index is 834. The van der Waals surface area contributed by atoms with Crippen molar-refractivity contribution >= 4 is 7.60 Å². The van der Waals surface area contributed by atoms with Gasteiger partial charge in [-0.1, -0.05) is 59.8 Å². The summed E-state index contributed by atoms with van der Waals surface area (Å²) in [6, 6.07) is 17.6. The van der Waals surface area contributed by atoms with Gasteiger partial charge in [-0.25, -0.2) is 0 Å². The molecular formula is C16H18N5O3P. The molecule has 0 amide bonds. The molecule has 0 bridgehead atoms. The number of benzene rings is 2. The van der Waals surface area contributed by atoms with Crippen LogP contribution in [0.3, 0.4) is 0 Å². The lowest BCUT2D eigenvalue weighted by Gasteiger charge is -2.16. The molecule has 1 atom stereocenters. The van der Waals surface area contributed by atoms with Gasteiger partial charge in [0.25, 0.3) is 0 Å². The molecule has 3 aromatic rings. The summed E-state index contributed by atoms with van der Waals surface area (Å²) >= 11 is 0. The van der Waals surface area contributed by atoms with Gasteiger partial charge in [0.2, 0.25) is 0 Å². The van der Waals surface area contributed by atoms with Gasteiger partial charge in [-0.05, 0) is 23.1 Å². The predicted molar refractivity (Wildman–Crippen MR) is 92.5 cm³/mol. The summed E-state index contributed by atoms with van der Waals surface area (Å²) in [6.45, 7) is 0. The minimum atomic E-state index is -4.17. The fraction of sp³-hybridized carbons (Fsp3) is 0.188. The van der Waals surface area contributed by atoms with Crippen molar-refractivity contribution in [1.82, 2.24) is 25.9 Å². The van der Waals surface area contributed by atoms with Crippen molar-refractivity contribution in [3.05, 3.63) is 66.0 Å². The number of hydrogen-bond donors (Lipinski definition) is 4. The molecule has 1 aromatic heterocycles. The third kappa shape index (κ3) is 5.04. The van der Waals surface area contributed by atoms with Gasteiger partial charge in [0.1, 0.15) is 0 Å². The van der Waals surface area contributed by atoms with Crippen molar-refractivity contribution < 1.29 is 14.4 Å².